The predicted octanol–water partition coefficient (Wildman–Crippen LogP) is 6.00. The average molecular weight is 387 g/mol. The van der Waals surface area contributed by atoms with Crippen LogP contribution < -0.4 is 0 Å². The van der Waals surface area contributed by atoms with Gasteiger partial charge in [-0.15, -0.1) is 0 Å². The van der Waals surface area contributed by atoms with E-state index in [2.05, 4.69) is 32.7 Å². The Hall–Kier alpha value is -1.28. The number of hydrogen-bond donors (Lipinski definition) is 0. The summed E-state index contributed by atoms with van der Waals surface area (Å²) in [4.78, 5) is 0. The molecule has 1 aliphatic carbocycles. The third-order valence-electron chi connectivity index (χ3n) is 6.43. The molecule has 0 N–H and O–H groups in total. The molecule has 5 heteroatoms. The van der Waals surface area contributed by atoms with E-state index in [1.54, 1.807) is 0 Å². The Labute approximate surface area is 151 Å². The topological polar surface area (TPSA) is 28.7 Å². The van der Waals surface area contributed by atoms with Crippen molar-refractivity contribution in [2.24, 2.45) is 5.41 Å². The molecule has 1 saturated heterocycles. The number of benzene rings is 1. The lowest BCUT2D eigenvalue weighted by Crippen LogP contribution is -2.34. The van der Waals surface area contributed by atoms with E-state index >= 15 is 0 Å². The molecule has 2 aliphatic rings. The van der Waals surface area contributed by atoms with Gasteiger partial charge in [0, 0.05) is 23.6 Å². The summed E-state index contributed by atoms with van der Waals surface area (Å²) in [6.07, 6.45) is 11.5. The van der Waals surface area contributed by atoms with Gasteiger partial charge in [0.15, 0.2) is 0 Å². The highest BCUT2D eigenvalue weighted by Crippen LogP contribution is 2.50. The van der Waals surface area contributed by atoms with Gasteiger partial charge in [-0.05, 0) is 65.2 Å². The first-order valence-electron chi connectivity index (χ1n) is 8.96. The molecule has 0 atom stereocenters. The van der Waals surface area contributed by atoms with Gasteiger partial charge < -0.3 is 4.57 Å². The maximum atomic E-state index is 14.2. The van der Waals surface area contributed by atoms with Crippen molar-refractivity contribution in [3.05, 3.63) is 34.7 Å². The SMILES string of the molecule is N#CB1CCC2(CC1)CCC(n1ccc3c(F)c(Br)ccc31)CC2. The summed E-state index contributed by atoms with van der Waals surface area (Å²) in [6.45, 7) is 0.281. The molecule has 1 spiro atoms. The Morgan fingerprint density at radius 1 is 1.17 bits per heavy atom. The van der Waals surface area contributed by atoms with Crippen LogP contribution in [0.2, 0.25) is 12.6 Å². The van der Waals surface area contributed by atoms with E-state index in [0.717, 1.165) is 18.2 Å². The Morgan fingerprint density at radius 2 is 1.88 bits per heavy atom. The van der Waals surface area contributed by atoms with Gasteiger partial charge in [0.2, 0.25) is 0 Å². The van der Waals surface area contributed by atoms with Crippen molar-refractivity contribution < 1.29 is 4.39 Å². The molecule has 0 radical (unpaired) electrons. The first-order chi connectivity index (χ1) is 11.6. The average Bonchev–Trinajstić information content (AvgIpc) is 3.04. The van der Waals surface area contributed by atoms with Crippen LogP contribution in [0.1, 0.15) is 44.6 Å². The molecule has 2 aromatic rings. The minimum Gasteiger partial charge on any atom is -0.344 e. The van der Waals surface area contributed by atoms with Gasteiger partial charge in [-0.2, -0.15) is 0 Å². The largest absolute Gasteiger partial charge is 0.344 e. The van der Waals surface area contributed by atoms with E-state index in [1.165, 1.54) is 38.5 Å². The molecule has 2 fully saturated rings. The normalized spacial score (nSPS) is 21.3. The number of hydrogen-bond acceptors (Lipinski definition) is 1. The predicted molar refractivity (Wildman–Crippen MR) is 99.7 cm³/mol. The van der Waals surface area contributed by atoms with Gasteiger partial charge in [-0.1, -0.05) is 25.5 Å². The van der Waals surface area contributed by atoms with E-state index in [9.17, 15) is 4.39 Å². The molecule has 24 heavy (non-hydrogen) atoms. The lowest BCUT2D eigenvalue weighted by atomic mass is 9.38. The Morgan fingerprint density at radius 3 is 2.54 bits per heavy atom. The number of aromatic nitrogens is 1. The zero-order valence-corrected chi connectivity index (χ0v) is 15.4. The van der Waals surface area contributed by atoms with Crippen LogP contribution in [0.15, 0.2) is 28.9 Å². The molecule has 4 rings (SSSR count). The first kappa shape index (κ1) is 16.2. The molecule has 0 bridgehead atoms. The van der Waals surface area contributed by atoms with Crippen LogP contribution in [-0.2, 0) is 0 Å². The van der Waals surface area contributed by atoms with Crippen molar-refractivity contribution >= 4 is 33.5 Å². The maximum absolute atomic E-state index is 14.2. The second-order valence-electron chi connectivity index (χ2n) is 7.65. The van der Waals surface area contributed by atoms with Crippen molar-refractivity contribution in [2.75, 3.05) is 0 Å². The van der Waals surface area contributed by atoms with E-state index in [-0.39, 0.29) is 12.5 Å². The van der Waals surface area contributed by atoms with Crippen LogP contribution in [0.3, 0.4) is 0 Å². The molecule has 2 nitrogen and oxygen atoms in total. The highest BCUT2D eigenvalue weighted by molar-refractivity contribution is 9.10. The molecule has 1 saturated carbocycles. The fourth-order valence-corrected chi connectivity index (χ4v) is 5.19. The summed E-state index contributed by atoms with van der Waals surface area (Å²) < 4.78 is 17.1. The number of halogens is 2. The van der Waals surface area contributed by atoms with Gasteiger partial charge in [-0.25, -0.2) is 9.65 Å². The van der Waals surface area contributed by atoms with E-state index in [0.29, 0.717) is 21.3 Å². The zero-order valence-electron chi connectivity index (χ0n) is 13.8. The summed E-state index contributed by atoms with van der Waals surface area (Å²) in [6, 6.07) is 6.20. The number of nitriles is 1. The number of fused-ring (bicyclic) bond motifs is 1. The van der Waals surface area contributed by atoms with E-state index < -0.39 is 0 Å². The van der Waals surface area contributed by atoms with Crippen molar-refractivity contribution in [1.82, 2.24) is 4.57 Å². The molecular formula is C19H21BBrFN2. The van der Waals surface area contributed by atoms with Gasteiger partial charge in [0.1, 0.15) is 5.82 Å². The molecule has 1 aromatic heterocycles. The summed E-state index contributed by atoms with van der Waals surface area (Å²) in [7, 11) is 0. The Kier molecular flexibility index (Phi) is 4.20. The van der Waals surface area contributed by atoms with Crippen molar-refractivity contribution in [1.29, 1.82) is 5.26 Å². The third-order valence-corrected chi connectivity index (χ3v) is 7.04. The fourth-order valence-electron chi connectivity index (χ4n) is 4.85. The molecular weight excluding hydrogens is 366 g/mol. The van der Waals surface area contributed by atoms with Gasteiger partial charge in [0.05, 0.1) is 9.99 Å². The van der Waals surface area contributed by atoms with Crippen LogP contribution in [0.5, 0.6) is 0 Å². The monoisotopic (exact) mass is 386 g/mol. The number of nitrogens with zero attached hydrogens (tertiary/aromatic N) is 2. The molecule has 0 unspecified atom stereocenters. The molecule has 2 heterocycles. The summed E-state index contributed by atoms with van der Waals surface area (Å²) in [5.41, 5.74) is 1.48. The van der Waals surface area contributed by atoms with Crippen LogP contribution >= 0.6 is 15.9 Å². The second kappa shape index (κ2) is 6.22. The third kappa shape index (κ3) is 2.69. The lowest BCUT2D eigenvalue weighted by Gasteiger charge is -2.44. The van der Waals surface area contributed by atoms with Crippen molar-refractivity contribution in [3.63, 3.8) is 0 Å². The maximum Gasteiger partial charge on any atom is 0.267 e. The summed E-state index contributed by atoms with van der Waals surface area (Å²) in [5.74, 6) is 2.28. The van der Waals surface area contributed by atoms with Crippen molar-refractivity contribution in [3.8, 4) is 5.97 Å². The second-order valence-corrected chi connectivity index (χ2v) is 8.51. The van der Waals surface area contributed by atoms with E-state index in [4.69, 9.17) is 5.26 Å². The quantitative estimate of drug-likeness (QED) is 0.552. The standard InChI is InChI=1S/C19H21BBrFN2/c21-16-1-2-17-15(18(16)22)5-12-24(17)14-3-6-19(7-4-14)8-10-20(13-23)11-9-19/h1-2,5,12,14H,3-4,6-11H2. The van der Waals surface area contributed by atoms with Gasteiger partial charge >= 0.3 is 0 Å². The number of rotatable bonds is 1. The molecule has 0 amide bonds. The molecule has 1 aromatic carbocycles. The summed E-state index contributed by atoms with van der Waals surface area (Å²) in [5, 5.41) is 9.81. The zero-order chi connectivity index (χ0) is 16.7. The fraction of sp³-hybridized carbons (Fsp3) is 0.526. The Balaban J connectivity index is 1.51. The van der Waals surface area contributed by atoms with Gasteiger partial charge in [0.25, 0.3) is 6.71 Å². The highest BCUT2D eigenvalue weighted by atomic mass is 79.9. The lowest BCUT2D eigenvalue weighted by molar-refractivity contribution is 0.134. The van der Waals surface area contributed by atoms with Crippen LogP contribution in [0.4, 0.5) is 4.39 Å². The van der Waals surface area contributed by atoms with E-state index in [1.807, 2.05) is 18.2 Å². The minimum absolute atomic E-state index is 0.159. The van der Waals surface area contributed by atoms with Gasteiger partial charge in [-0.3, -0.25) is 0 Å². The molecule has 124 valence electrons. The molecule has 1 aliphatic heterocycles. The highest BCUT2D eigenvalue weighted by Gasteiger charge is 2.40. The smallest absolute Gasteiger partial charge is 0.267 e. The van der Waals surface area contributed by atoms with Crippen LogP contribution in [0.25, 0.3) is 10.9 Å². The minimum atomic E-state index is -0.159. The summed E-state index contributed by atoms with van der Waals surface area (Å²) >= 11 is 3.27. The van der Waals surface area contributed by atoms with Crippen LogP contribution in [-0.4, -0.2) is 11.3 Å². The van der Waals surface area contributed by atoms with Crippen LogP contribution in [0, 0.1) is 22.5 Å². The first-order valence-corrected chi connectivity index (χ1v) is 9.75. The Bertz CT molecular complexity index is 792. The van der Waals surface area contributed by atoms with Crippen molar-refractivity contribution in [2.45, 2.75) is 57.2 Å².